The SMILES string of the molecule is C[C@H](CNC(=O)CCCNC(=O)C(C)(C)C)c1ccccc1. The fourth-order valence-corrected chi connectivity index (χ4v) is 1.97. The second-order valence-electron chi connectivity index (χ2n) is 6.73. The maximum atomic E-state index is 11.8. The van der Waals surface area contributed by atoms with Gasteiger partial charge in [-0.15, -0.1) is 0 Å². The van der Waals surface area contributed by atoms with E-state index in [-0.39, 0.29) is 17.2 Å². The Morgan fingerprint density at radius 2 is 1.73 bits per heavy atom. The largest absolute Gasteiger partial charge is 0.356 e. The van der Waals surface area contributed by atoms with Crippen molar-refractivity contribution < 1.29 is 9.59 Å². The van der Waals surface area contributed by atoms with Gasteiger partial charge in [0.15, 0.2) is 0 Å². The van der Waals surface area contributed by atoms with Crippen molar-refractivity contribution >= 4 is 11.8 Å². The molecule has 0 bridgehead atoms. The number of hydrogen-bond donors (Lipinski definition) is 2. The Morgan fingerprint density at radius 1 is 1.09 bits per heavy atom. The van der Waals surface area contributed by atoms with E-state index in [1.807, 2.05) is 39.0 Å². The summed E-state index contributed by atoms with van der Waals surface area (Å²) in [7, 11) is 0. The van der Waals surface area contributed by atoms with Crippen LogP contribution in [0.15, 0.2) is 30.3 Å². The van der Waals surface area contributed by atoms with Crippen LogP contribution in [0.1, 0.15) is 52.0 Å². The fraction of sp³-hybridized carbons (Fsp3) is 0.556. The zero-order valence-electron chi connectivity index (χ0n) is 14.1. The second kappa shape index (κ2) is 8.57. The number of amides is 2. The number of carbonyl (C=O) groups is 2. The summed E-state index contributed by atoms with van der Waals surface area (Å²) in [5.41, 5.74) is 0.841. The molecule has 0 aromatic heterocycles. The van der Waals surface area contributed by atoms with Crippen molar-refractivity contribution in [1.82, 2.24) is 10.6 Å². The highest BCUT2D eigenvalue weighted by atomic mass is 16.2. The van der Waals surface area contributed by atoms with Gasteiger partial charge in [-0.2, -0.15) is 0 Å². The van der Waals surface area contributed by atoms with Crippen molar-refractivity contribution in [1.29, 1.82) is 0 Å². The molecule has 0 aliphatic heterocycles. The van der Waals surface area contributed by atoms with Crippen molar-refractivity contribution in [3.05, 3.63) is 35.9 Å². The summed E-state index contributed by atoms with van der Waals surface area (Å²) in [6.45, 7) is 8.90. The van der Waals surface area contributed by atoms with Crippen molar-refractivity contribution in [2.24, 2.45) is 5.41 Å². The van der Waals surface area contributed by atoms with Crippen molar-refractivity contribution in [2.75, 3.05) is 13.1 Å². The molecule has 1 aromatic carbocycles. The molecule has 1 atom stereocenters. The topological polar surface area (TPSA) is 58.2 Å². The molecule has 0 fully saturated rings. The predicted molar refractivity (Wildman–Crippen MR) is 89.6 cm³/mol. The third-order valence-electron chi connectivity index (χ3n) is 3.52. The molecule has 2 amide bonds. The molecular weight excluding hydrogens is 276 g/mol. The number of benzene rings is 1. The van der Waals surface area contributed by atoms with E-state index in [4.69, 9.17) is 0 Å². The molecule has 0 aliphatic carbocycles. The van der Waals surface area contributed by atoms with Gasteiger partial charge in [-0.05, 0) is 17.9 Å². The van der Waals surface area contributed by atoms with Gasteiger partial charge in [0, 0.05) is 24.9 Å². The summed E-state index contributed by atoms with van der Waals surface area (Å²) in [6.07, 6.45) is 1.10. The number of hydrogen-bond acceptors (Lipinski definition) is 2. The van der Waals surface area contributed by atoms with Gasteiger partial charge in [0.2, 0.25) is 11.8 Å². The molecule has 1 aromatic rings. The normalized spacial score (nSPS) is 12.5. The van der Waals surface area contributed by atoms with Crippen LogP contribution in [-0.4, -0.2) is 24.9 Å². The van der Waals surface area contributed by atoms with Gasteiger partial charge in [0.25, 0.3) is 0 Å². The van der Waals surface area contributed by atoms with Crippen molar-refractivity contribution in [2.45, 2.75) is 46.5 Å². The average Bonchev–Trinajstić information content (AvgIpc) is 2.48. The minimum atomic E-state index is -0.382. The van der Waals surface area contributed by atoms with Crippen LogP contribution >= 0.6 is 0 Å². The molecule has 4 heteroatoms. The van der Waals surface area contributed by atoms with Gasteiger partial charge in [-0.25, -0.2) is 0 Å². The van der Waals surface area contributed by atoms with Crippen LogP contribution < -0.4 is 10.6 Å². The molecule has 1 rings (SSSR count). The molecule has 0 aliphatic rings. The van der Waals surface area contributed by atoms with Crippen LogP contribution in [0.4, 0.5) is 0 Å². The quantitative estimate of drug-likeness (QED) is 0.761. The van der Waals surface area contributed by atoms with Crippen LogP contribution in [0.25, 0.3) is 0 Å². The van der Waals surface area contributed by atoms with Crippen molar-refractivity contribution in [3.63, 3.8) is 0 Å². The van der Waals surface area contributed by atoms with Crippen LogP contribution in [0.2, 0.25) is 0 Å². The van der Waals surface area contributed by atoms with E-state index < -0.39 is 0 Å². The smallest absolute Gasteiger partial charge is 0.225 e. The molecule has 0 saturated carbocycles. The highest BCUT2D eigenvalue weighted by Crippen LogP contribution is 2.13. The van der Waals surface area contributed by atoms with Gasteiger partial charge in [0.05, 0.1) is 0 Å². The fourth-order valence-electron chi connectivity index (χ4n) is 1.97. The lowest BCUT2D eigenvalue weighted by molar-refractivity contribution is -0.128. The third-order valence-corrected chi connectivity index (χ3v) is 3.52. The lowest BCUT2D eigenvalue weighted by Gasteiger charge is -2.17. The summed E-state index contributed by atoms with van der Waals surface area (Å²) in [5.74, 6) is 0.351. The number of rotatable bonds is 7. The highest BCUT2D eigenvalue weighted by molar-refractivity contribution is 5.81. The minimum absolute atomic E-state index is 0.0191. The lowest BCUT2D eigenvalue weighted by Crippen LogP contribution is -2.36. The Morgan fingerprint density at radius 3 is 2.32 bits per heavy atom. The Hall–Kier alpha value is -1.84. The third kappa shape index (κ3) is 6.74. The van der Waals surface area contributed by atoms with E-state index >= 15 is 0 Å². The van der Waals surface area contributed by atoms with Gasteiger partial charge < -0.3 is 10.6 Å². The first-order valence-electron chi connectivity index (χ1n) is 7.90. The summed E-state index contributed by atoms with van der Waals surface area (Å²) in [5, 5.41) is 5.80. The van der Waals surface area contributed by atoms with Crippen LogP contribution in [0, 0.1) is 5.41 Å². The molecular formula is C18H28N2O2. The average molecular weight is 304 g/mol. The maximum Gasteiger partial charge on any atom is 0.225 e. The molecule has 122 valence electrons. The Kier molecular flexibility index (Phi) is 7.09. The van der Waals surface area contributed by atoms with E-state index in [2.05, 4.69) is 29.7 Å². The summed E-state index contributed by atoms with van der Waals surface area (Å²) in [4.78, 5) is 23.5. The molecule has 0 saturated heterocycles. The molecule has 4 nitrogen and oxygen atoms in total. The summed E-state index contributed by atoms with van der Waals surface area (Å²) in [6, 6.07) is 10.1. The summed E-state index contributed by atoms with van der Waals surface area (Å²) >= 11 is 0. The first kappa shape index (κ1) is 18.2. The van der Waals surface area contributed by atoms with Crippen LogP contribution in [-0.2, 0) is 9.59 Å². The molecule has 0 heterocycles. The molecule has 0 radical (unpaired) electrons. The second-order valence-corrected chi connectivity index (χ2v) is 6.73. The zero-order valence-corrected chi connectivity index (χ0v) is 14.1. The Labute approximate surface area is 133 Å². The standard InChI is InChI=1S/C18H28N2O2/c1-14(15-9-6-5-7-10-15)13-20-16(21)11-8-12-19-17(22)18(2,3)4/h5-7,9-10,14H,8,11-13H2,1-4H3,(H,19,22)(H,20,21)/t14-/m1/s1. The number of carbonyl (C=O) groups excluding carboxylic acids is 2. The van der Waals surface area contributed by atoms with E-state index in [0.29, 0.717) is 31.8 Å². The first-order valence-corrected chi connectivity index (χ1v) is 7.90. The van der Waals surface area contributed by atoms with Gasteiger partial charge in [-0.1, -0.05) is 58.0 Å². The first-order chi connectivity index (χ1) is 10.3. The Balaban J connectivity index is 2.18. The Bertz CT molecular complexity index is 478. The minimum Gasteiger partial charge on any atom is -0.356 e. The molecule has 0 unspecified atom stereocenters. The van der Waals surface area contributed by atoms with Crippen molar-refractivity contribution in [3.8, 4) is 0 Å². The van der Waals surface area contributed by atoms with E-state index in [1.165, 1.54) is 5.56 Å². The molecule has 2 N–H and O–H groups in total. The lowest BCUT2D eigenvalue weighted by atomic mass is 9.96. The molecule has 0 spiro atoms. The van der Waals surface area contributed by atoms with Gasteiger partial charge in [0.1, 0.15) is 0 Å². The zero-order chi connectivity index (χ0) is 16.6. The monoisotopic (exact) mass is 304 g/mol. The van der Waals surface area contributed by atoms with Crippen LogP contribution in [0.3, 0.4) is 0 Å². The predicted octanol–water partition coefficient (Wildman–Crippen LogP) is 2.85. The molecule has 22 heavy (non-hydrogen) atoms. The highest BCUT2D eigenvalue weighted by Gasteiger charge is 2.20. The maximum absolute atomic E-state index is 11.8. The van der Waals surface area contributed by atoms with E-state index in [0.717, 1.165) is 0 Å². The summed E-state index contributed by atoms with van der Waals surface area (Å²) < 4.78 is 0. The van der Waals surface area contributed by atoms with E-state index in [9.17, 15) is 9.59 Å². The van der Waals surface area contributed by atoms with Gasteiger partial charge >= 0.3 is 0 Å². The number of nitrogens with one attached hydrogen (secondary N) is 2. The van der Waals surface area contributed by atoms with Gasteiger partial charge in [-0.3, -0.25) is 9.59 Å². The van der Waals surface area contributed by atoms with E-state index in [1.54, 1.807) is 0 Å². The van der Waals surface area contributed by atoms with Crippen LogP contribution in [0.5, 0.6) is 0 Å².